The van der Waals surface area contributed by atoms with Crippen LogP contribution in [0.5, 0.6) is 5.75 Å². The van der Waals surface area contributed by atoms with Crippen molar-refractivity contribution in [2.75, 3.05) is 12.4 Å². The van der Waals surface area contributed by atoms with Crippen LogP contribution >= 0.6 is 11.3 Å². The van der Waals surface area contributed by atoms with Gasteiger partial charge in [-0.1, -0.05) is 12.1 Å². The van der Waals surface area contributed by atoms with E-state index in [0.29, 0.717) is 0 Å². The maximum absolute atomic E-state index is 5.17. The molecule has 0 aliphatic heterocycles. The molecule has 0 unspecified atom stereocenters. The number of benzene rings is 1. The predicted molar refractivity (Wildman–Crippen MR) is 87.2 cm³/mol. The summed E-state index contributed by atoms with van der Waals surface area (Å²) >= 11 is 1.70. The molecule has 0 saturated carbocycles. The van der Waals surface area contributed by atoms with Crippen molar-refractivity contribution in [3.63, 3.8) is 0 Å². The van der Waals surface area contributed by atoms with Gasteiger partial charge in [0, 0.05) is 11.4 Å². The molecule has 1 aromatic carbocycles. The molecule has 0 radical (unpaired) electrons. The van der Waals surface area contributed by atoms with Gasteiger partial charge in [0.25, 0.3) is 0 Å². The highest BCUT2D eigenvalue weighted by molar-refractivity contribution is 7.18. The van der Waals surface area contributed by atoms with Gasteiger partial charge in [-0.15, -0.1) is 11.3 Å². The Morgan fingerprint density at radius 3 is 2.62 bits per heavy atom. The lowest BCUT2D eigenvalue weighted by Crippen LogP contribution is -2.03. The number of ether oxygens (including phenoxy) is 1. The van der Waals surface area contributed by atoms with E-state index >= 15 is 0 Å². The van der Waals surface area contributed by atoms with E-state index in [1.807, 2.05) is 19.1 Å². The molecule has 21 heavy (non-hydrogen) atoms. The minimum absolute atomic E-state index is 0.727. The molecule has 0 aliphatic rings. The highest BCUT2D eigenvalue weighted by Gasteiger charge is 2.08. The summed E-state index contributed by atoms with van der Waals surface area (Å²) in [4.78, 5) is 11.3. The lowest BCUT2D eigenvalue weighted by atomic mass is 10.2. The third-order valence-corrected chi connectivity index (χ3v) is 4.19. The average molecular weight is 299 g/mol. The molecule has 0 bridgehead atoms. The number of methoxy groups -OCH3 is 1. The zero-order valence-corrected chi connectivity index (χ0v) is 13.1. The minimum Gasteiger partial charge on any atom is -0.497 e. The number of aromatic nitrogens is 2. The summed E-state index contributed by atoms with van der Waals surface area (Å²) < 4.78 is 5.17. The Bertz CT molecular complexity index is 765. The molecule has 1 N–H and O–H groups in total. The van der Waals surface area contributed by atoms with Crippen LogP contribution in [0.15, 0.2) is 30.3 Å². The molecule has 0 fully saturated rings. The molecule has 0 amide bonds. The second-order valence-corrected chi connectivity index (χ2v) is 6.13. The van der Waals surface area contributed by atoms with Crippen molar-refractivity contribution in [1.29, 1.82) is 0 Å². The quantitative estimate of drug-likeness (QED) is 0.793. The summed E-state index contributed by atoms with van der Waals surface area (Å²) in [7, 11) is 1.67. The van der Waals surface area contributed by atoms with Gasteiger partial charge < -0.3 is 10.1 Å². The van der Waals surface area contributed by atoms with Gasteiger partial charge in [-0.2, -0.15) is 0 Å². The maximum Gasteiger partial charge on any atom is 0.138 e. The number of nitrogens with one attached hydrogen (secondary N) is 1. The van der Waals surface area contributed by atoms with E-state index in [4.69, 9.17) is 4.74 Å². The van der Waals surface area contributed by atoms with Crippen molar-refractivity contribution in [2.24, 2.45) is 0 Å². The first-order chi connectivity index (χ1) is 10.2. The lowest BCUT2D eigenvalue weighted by molar-refractivity contribution is 0.414. The summed E-state index contributed by atoms with van der Waals surface area (Å²) in [5, 5.41) is 4.50. The summed E-state index contributed by atoms with van der Waals surface area (Å²) in [6.45, 7) is 4.74. The van der Waals surface area contributed by atoms with Crippen LogP contribution < -0.4 is 10.1 Å². The topological polar surface area (TPSA) is 47.0 Å². The van der Waals surface area contributed by atoms with Crippen molar-refractivity contribution >= 4 is 27.4 Å². The van der Waals surface area contributed by atoms with Crippen molar-refractivity contribution in [3.05, 3.63) is 46.6 Å². The molecule has 2 heterocycles. The highest BCUT2D eigenvalue weighted by Crippen LogP contribution is 2.28. The second-order valence-electron chi connectivity index (χ2n) is 4.90. The molecule has 3 rings (SSSR count). The van der Waals surface area contributed by atoms with Crippen LogP contribution in [0.4, 0.5) is 5.82 Å². The summed E-state index contributed by atoms with van der Waals surface area (Å²) in [6.07, 6.45) is 0. The maximum atomic E-state index is 5.17. The largest absolute Gasteiger partial charge is 0.497 e. The van der Waals surface area contributed by atoms with Gasteiger partial charge in [-0.3, -0.25) is 0 Å². The van der Waals surface area contributed by atoms with Crippen molar-refractivity contribution < 1.29 is 4.74 Å². The zero-order chi connectivity index (χ0) is 14.8. The van der Waals surface area contributed by atoms with E-state index in [2.05, 4.69) is 40.4 Å². The highest BCUT2D eigenvalue weighted by atomic mass is 32.1. The van der Waals surface area contributed by atoms with Crippen molar-refractivity contribution in [3.8, 4) is 5.75 Å². The molecule has 3 aromatic rings. The Kier molecular flexibility index (Phi) is 3.75. The number of hydrogen-bond acceptors (Lipinski definition) is 5. The van der Waals surface area contributed by atoms with E-state index in [9.17, 15) is 0 Å². The van der Waals surface area contributed by atoms with E-state index in [-0.39, 0.29) is 0 Å². The first-order valence-corrected chi connectivity index (χ1v) is 7.59. The van der Waals surface area contributed by atoms with Gasteiger partial charge in [0.2, 0.25) is 0 Å². The fourth-order valence-electron chi connectivity index (χ4n) is 2.21. The number of fused-ring (bicyclic) bond motifs is 1. The van der Waals surface area contributed by atoms with E-state index < -0.39 is 0 Å². The van der Waals surface area contributed by atoms with Crippen LogP contribution in [0.2, 0.25) is 0 Å². The Morgan fingerprint density at radius 1 is 1.14 bits per heavy atom. The molecule has 0 spiro atoms. The van der Waals surface area contributed by atoms with E-state index in [1.54, 1.807) is 18.4 Å². The molecular formula is C16H17N3OS. The van der Waals surface area contributed by atoms with Crippen LogP contribution in [0.3, 0.4) is 0 Å². The van der Waals surface area contributed by atoms with Gasteiger partial charge in [-0.25, -0.2) is 9.97 Å². The number of rotatable bonds is 4. The second kappa shape index (κ2) is 5.69. The van der Waals surface area contributed by atoms with E-state index in [0.717, 1.165) is 34.2 Å². The van der Waals surface area contributed by atoms with E-state index in [1.165, 1.54) is 10.4 Å². The Balaban J connectivity index is 1.83. The SMILES string of the molecule is COc1ccc(CNc2nc(C)nc3sc(C)cc23)cc1. The average Bonchev–Trinajstić information content (AvgIpc) is 2.85. The van der Waals surface area contributed by atoms with Crippen LogP contribution in [-0.2, 0) is 6.54 Å². The van der Waals surface area contributed by atoms with Crippen LogP contribution in [-0.4, -0.2) is 17.1 Å². The third kappa shape index (κ3) is 2.97. The molecule has 108 valence electrons. The Morgan fingerprint density at radius 2 is 1.90 bits per heavy atom. The minimum atomic E-state index is 0.727. The van der Waals surface area contributed by atoms with Gasteiger partial charge in [-0.05, 0) is 37.6 Å². The van der Waals surface area contributed by atoms with Crippen molar-refractivity contribution in [1.82, 2.24) is 9.97 Å². The summed E-state index contributed by atoms with van der Waals surface area (Å²) in [5.74, 6) is 2.56. The summed E-state index contributed by atoms with van der Waals surface area (Å²) in [6, 6.07) is 10.2. The van der Waals surface area contributed by atoms with Gasteiger partial charge >= 0.3 is 0 Å². The van der Waals surface area contributed by atoms with Crippen LogP contribution in [0, 0.1) is 13.8 Å². The number of aryl methyl sites for hydroxylation is 2. The lowest BCUT2D eigenvalue weighted by Gasteiger charge is -2.08. The molecule has 5 heteroatoms. The fraction of sp³-hybridized carbons (Fsp3) is 0.250. The Labute approximate surface area is 127 Å². The summed E-state index contributed by atoms with van der Waals surface area (Å²) in [5.41, 5.74) is 1.19. The number of anilines is 1. The normalized spacial score (nSPS) is 10.8. The number of thiophene rings is 1. The van der Waals surface area contributed by atoms with Crippen molar-refractivity contribution in [2.45, 2.75) is 20.4 Å². The molecule has 0 aliphatic carbocycles. The first kappa shape index (κ1) is 13.8. The first-order valence-electron chi connectivity index (χ1n) is 6.77. The monoisotopic (exact) mass is 299 g/mol. The zero-order valence-electron chi connectivity index (χ0n) is 12.3. The van der Waals surface area contributed by atoms with Gasteiger partial charge in [0.05, 0.1) is 12.5 Å². The number of nitrogens with zero attached hydrogens (tertiary/aromatic N) is 2. The molecular weight excluding hydrogens is 282 g/mol. The third-order valence-electron chi connectivity index (χ3n) is 3.25. The molecule has 2 aromatic heterocycles. The van der Waals surface area contributed by atoms with Crippen LogP contribution in [0.1, 0.15) is 16.3 Å². The molecule has 0 atom stereocenters. The standard InChI is InChI=1S/C16H17N3OS/c1-10-8-14-15(18-11(2)19-16(14)21-10)17-9-12-4-6-13(20-3)7-5-12/h4-8H,9H2,1-3H3,(H,17,18,19). The van der Waals surface area contributed by atoms with Gasteiger partial charge in [0.15, 0.2) is 0 Å². The predicted octanol–water partition coefficient (Wildman–Crippen LogP) is 3.93. The molecule has 0 saturated heterocycles. The van der Waals surface area contributed by atoms with Gasteiger partial charge in [0.1, 0.15) is 22.2 Å². The molecule has 4 nitrogen and oxygen atoms in total. The van der Waals surface area contributed by atoms with Crippen LogP contribution in [0.25, 0.3) is 10.2 Å². The number of hydrogen-bond donors (Lipinski definition) is 1. The smallest absolute Gasteiger partial charge is 0.138 e. The fourth-order valence-corrected chi connectivity index (χ4v) is 3.14. The Hall–Kier alpha value is -2.14.